The van der Waals surface area contributed by atoms with Crippen molar-refractivity contribution in [2.24, 2.45) is 0 Å². The zero-order chi connectivity index (χ0) is 18.6. The molecule has 1 aromatic carbocycles. The largest absolute Gasteiger partial charge is 0.353 e. The molecule has 0 bridgehead atoms. The van der Waals surface area contributed by atoms with Crippen molar-refractivity contribution in [3.05, 3.63) is 28.2 Å². The topological polar surface area (TPSA) is 69.7 Å². The van der Waals surface area contributed by atoms with Crippen LogP contribution in [-0.2, 0) is 14.8 Å². The van der Waals surface area contributed by atoms with E-state index >= 15 is 0 Å². The van der Waals surface area contributed by atoms with Gasteiger partial charge in [0.25, 0.3) is 0 Å². The Morgan fingerprint density at radius 1 is 1.20 bits per heavy atom. The van der Waals surface area contributed by atoms with E-state index in [1.807, 2.05) is 18.7 Å². The molecule has 1 amide bonds. The van der Waals surface area contributed by atoms with Crippen LogP contribution in [0, 0.1) is 0 Å². The first-order valence-electron chi connectivity index (χ1n) is 8.21. The second-order valence-electron chi connectivity index (χ2n) is 6.13. The van der Waals surface area contributed by atoms with Crippen LogP contribution in [0.4, 0.5) is 0 Å². The van der Waals surface area contributed by atoms with Crippen molar-refractivity contribution in [2.75, 3.05) is 32.7 Å². The number of carbonyl (C=O) groups excluding carboxylic acids is 1. The van der Waals surface area contributed by atoms with Gasteiger partial charge in [-0.15, -0.1) is 0 Å². The van der Waals surface area contributed by atoms with E-state index < -0.39 is 10.0 Å². The van der Waals surface area contributed by atoms with Gasteiger partial charge in [-0.1, -0.05) is 30.1 Å². The summed E-state index contributed by atoms with van der Waals surface area (Å²) in [7, 11) is -3.61. The number of benzene rings is 1. The summed E-state index contributed by atoms with van der Waals surface area (Å²) in [6, 6.07) is 4.44. The van der Waals surface area contributed by atoms with Crippen molar-refractivity contribution in [1.29, 1.82) is 0 Å². The number of nitrogens with one attached hydrogen (secondary N) is 1. The molecule has 1 aromatic rings. The number of piperazine rings is 1. The highest BCUT2D eigenvalue weighted by molar-refractivity contribution is 7.89. The molecule has 6 nitrogen and oxygen atoms in total. The average molecular weight is 408 g/mol. The van der Waals surface area contributed by atoms with E-state index in [0.29, 0.717) is 31.2 Å². The number of sulfonamides is 1. The highest BCUT2D eigenvalue weighted by atomic mass is 35.5. The predicted octanol–water partition coefficient (Wildman–Crippen LogP) is 2.21. The lowest BCUT2D eigenvalue weighted by Crippen LogP contribution is -2.51. The number of nitrogens with zero attached hydrogens (tertiary/aromatic N) is 2. The first-order chi connectivity index (χ1) is 11.7. The summed E-state index contributed by atoms with van der Waals surface area (Å²) in [6.07, 6.45) is 0.876. The Kier molecular flexibility index (Phi) is 7.10. The highest BCUT2D eigenvalue weighted by Crippen LogP contribution is 2.26. The molecule has 1 aliphatic rings. The van der Waals surface area contributed by atoms with Crippen molar-refractivity contribution >= 4 is 39.1 Å². The van der Waals surface area contributed by atoms with Gasteiger partial charge in [-0.05, 0) is 31.5 Å². The molecular formula is C16H23Cl2N3O3S. The average Bonchev–Trinajstić information content (AvgIpc) is 2.57. The van der Waals surface area contributed by atoms with E-state index in [1.54, 1.807) is 0 Å². The second-order valence-corrected chi connectivity index (χ2v) is 8.89. The zero-order valence-electron chi connectivity index (χ0n) is 14.3. The number of hydrogen-bond acceptors (Lipinski definition) is 4. The van der Waals surface area contributed by atoms with Crippen LogP contribution in [0.3, 0.4) is 0 Å². The van der Waals surface area contributed by atoms with Crippen molar-refractivity contribution < 1.29 is 13.2 Å². The highest BCUT2D eigenvalue weighted by Gasteiger charge is 2.29. The van der Waals surface area contributed by atoms with E-state index in [9.17, 15) is 13.2 Å². The standard InChI is InChI=1S/C16H23Cl2N3O3S/c1-3-12(2)19-16(22)11-20-6-8-21(9-7-20)25(23,24)13-4-5-14(17)15(18)10-13/h4-5,10,12H,3,6-9,11H2,1-2H3,(H,19,22)/t12-/m0/s1. The number of halogens is 2. The predicted molar refractivity (Wildman–Crippen MR) is 99.6 cm³/mol. The van der Waals surface area contributed by atoms with Crippen LogP contribution in [0.1, 0.15) is 20.3 Å². The maximum absolute atomic E-state index is 12.7. The Hall–Kier alpha value is -0.860. The molecule has 1 heterocycles. The quantitative estimate of drug-likeness (QED) is 0.784. The maximum atomic E-state index is 12.7. The van der Waals surface area contributed by atoms with E-state index in [0.717, 1.165) is 6.42 Å². The van der Waals surface area contributed by atoms with Crippen LogP contribution in [0.5, 0.6) is 0 Å². The first-order valence-corrected chi connectivity index (χ1v) is 10.4. The minimum atomic E-state index is -3.61. The van der Waals surface area contributed by atoms with Gasteiger partial charge in [0.2, 0.25) is 15.9 Å². The summed E-state index contributed by atoms with van der Waals surface area (Å²) in [5.41, 5.74) is 0. The van der Waals surface area contributed by atoms with Crippen LogP contribution in [0.25, 0.3) is 0 Å². The van der Waals surface area contributed by atoms with Gasteiger partial charge in [-0.2, -0.15) is 4.31 Å². The molecule has 1 atom stereocenters. The first kappa shape index (κ1) is 20.5. The van der Waals surface area contributed by atoms with Crippen LogP contribution >= 0.6 is 23.2 Å². The third-order valence-electron chi connectivity index (χ3n) is 4.25. The van der Waals surface area contributed by atoms with Gasteiger partial charge in [-0.3, -0.25) is 9.69 Å². The zero-order valence-corrected chi connectivity index (χ0v) is 16.7. The molecule has 1 aliphatic heterocycles. The molecule has 2 rings (SSSR count). The molecule has 0 aliphatic carbocycles. The number of carbonyl (C=O) groups is 1. The number of rotatable bonds is 6. The Labute approximate surface area is 159 Å². The normalized spacial score (nSPS) is 18.1. The maximum Gasteiger partial charge on any atom is 0.243 e. The summed E-state index contributed by atoms with van der Waals surface area (Å²) in [5.74, 6) is -0.0323. The van der Waals surface area contributed by atoms with Crippen molar-refractivity contribution in [3.8, 4) is 0 Å². The third kappa shape index (κ3) is 5.31. The number of hydrogen-bond donors (Lipinski definition) is 1. The van der Waals surface area contributed by atoms with Crippen LogP contribution in [0.2, 0.25) is 10.0 Å². The molecule has 0 aromatic heterocycles. The third-order valence-corrected chi connectivity index (χ3v) is 6.88. The summed E-state index contributed by atoms with van der Waals surface area (Å²) in [5, 5.41) is 3.44. The summed E-state index contributed by atoms with van der Waals surface area (Å²) < 4.78 is 26.8. The molecule has 25 heavy (non-hydrogen) atoms. The minimum Gasteiger partial charge on any atom is -0.353 e. The SMILES string of the molecule is CC[C@H](C)NC(=O)CN1CCN(S(=O)(=O)c2ccc(Cl)c(Cl)c2)CC1. The molecule has 1 N–H and O–H groups in total. The molecule has 1 fully saturated rings. The van der Waals surface area contributed by atoms with Crippen molar-refractivity contribution in [3.63, 3.8) is 0 Å². The van der Waals surface area contributed by atoms with Gasteiger partial charge in [0.15, 0.2) is 0 Å². The lowest BCUT2D eigenvalue weighted by molar-refractivity contribution is -0.123. The van der Waals surface area contributed by atoms with E-state index in [1.165, 1.54) is 22.5 Å². The summed E-state index contributed by atoms with van der Waals surface area (Å²) in [6.45, 7) is 5.93. The van der Waals surface area contributed by atoms with Crippen LogP contribution in [-0.4, -0.2) is 62.3 Å². The fraction of sp³-hybridized carbons (Fsp3) is 0.562. The fourth-order valence-corrected chi connectivity index (χ4v) is 4.35. The van der Waals surface area contributed by atoms with Crippen LogP contribution < -0.4 is 5.32 Å². The lowest BCUT2D eigenvalue weighted by Gasteiger charge is -2.33. The molecule has 0 radical (unpaired) electrons. The van der Waals surface area contributed by atoms with Gasteiger partial charge >= 0.3 is 0 Å². The van der Waals surface area contributed by atoms with E-state index in [2.05, 4.69) is 5.32 Å². The molecule has 9 heteroatoms. The molecule has 1 saturated heterocycles. The lowest BCUT2D eigenvalue weighted by atomic mass is 10.2. The minimum absolute atomic E-state index is 0.0323. The van der Waals surface area contributed by atoms with Gasteiger partial charge in [-0.25, -0.2) is 8.42 Å². The smallest absolute Gasteiger partial charge is 0.243 e. The van der Waals surface area contributed by atoms with E-state index in [-0.39, 0.29) is 28.4 Å². The Morgan fingerprint density at radius 3 is 2.40 bits per heavy atom. The van der Waals surface area contributed by atoms with Crippen molar-refractivity contribution in [2.45, 2.75) is 31.2 Å². The van der Waals surface area contributed by atoms with Gasteiger partial charge < -0.3 is 5.32 Å². The molecule has 0 saturated carbocycles. The molecule has 0 unspecified atom stereocenters. The Balaban J connectivity index is 1.94. The van der Waals surface area contributed by atoms with Crippen molar-refractivity contribution in [1.82, 2.24) is 14.5 Å². The Bertz CT molecular complexity index is 719. The summed E-state index contributed by atoms with van der Waals surface area (Å²) >= 11 is 11.8. The van der Waals surface area contributed by atoms with E-state index in [4.69, 9.17) is 23.2 Å². The molecular weight excluding hydrogens is 385 g/mol. The molecule has 140 valence electrons. The van der Waals surface area contributed by atoms with Crippen LogP contribution in [0.15, 0.2) is 23.1 Å². The van der Waals surface area contributed by atoms with Gasteiger partial charge in [0.1, 0.15) is 0 Å². The second kappa shape index (κ2) is 8.68. The van der Waals surface area contributed by atoms with Gasteiger partial charge in [0.05, 0.1) is 21.5 Å². The monoisotopic (exact) mass is 407 g/mol. The molecule has 0 spiro atoms. The fourth-order valence-electron chi connectivity index (χ4n) is 2.54. The number of amides is 1. The van der Waals surface area contributed by atoms with Gasteiger partial charge in [0, 0.05) is 32.2 Å². The Morgan fingerprint density at radius 2 is 1.84 bits per heavy atom. The summed E-state index contributed by atoms with van der Waals surface area (Å²) in [4.78, 5) is 14.0.